The van der Waals surface area contributed by atoms with Crippen LogP contribution < -0.4 is 0 Å². The highest BCUT2D eigenvalue weighted by Crippen LogP contribution is 2.30. The lowest BCUT2D eigenvalue weighted by Gasteiger charge is -2.17. The monoisotopic (exact) mass is 271 g/mol. The van der Waals surface area contributed by atoms with Crippen molar-refractivity contribution in [1.29, 1.82) is 0 Å². The number of hydrogen-bond acceptors (Lipinski definition) is 7. The van der Waals surface area contributed by atoms with Crippen molar-refractivity contribution in [3.05, 3.63) is 33.9 Å². The minimum absolute atomic E-state index is 0.00350. The number of aliphatic hydroxyl groups is 2. The highest BCUT2D eigenvalue weighted by molar-refractivity contribution is 5.75. The van der Waals surface area contributed by atoms with Gasteiger partial charge in [-0.15, -0.1) is 0 Å². The number of ether oxygens (including phenoxy) is 1. The number of carbonyl (C=O) groups excluding carboxylic acids is 1. The highest BCUT2D eigenvalue weighted by atomic mass is 16.6. The summed E-state index contributed by atoms with van der Waals surface area (Å²) < 4.78 is 4.50. The van der Waals surface area contributed by atoms with Crippen molar-refractivity contribution >= 4 is 11.7 Å². The smallest absolute Gasteiger partial charge is 0.338 e. The predicted octanol–water partition coefficient (Wildman–Crippen LogP) is 0.258. The van der Waals surface area contributed by atoms with Gasteiger partial charge >= 0.3 is 5.97 Å². The third-order valence-electron chi connectivity index (χ3n) is 2.37. The van der Waals surface area contributed by atoms with Gasteiger partial charge in [-0.25, -0.2) is 4.79 Å². The number of aliphatic hydroxyl groups excluding tert-OH is 2. The first-order chi connectivity index (χ1) is 8.88. The second-order valence-corrected chi connectivity index (χ2v) is 3.64. The quantitative estimate of drug-likeness (QED) is 0.397. The Bertz CT molecular complexity index is 488. The summed E-state index contributed by atoms with van der Waals surface area (Å²) in [5.41, 5.74) is -0.710. The molecule has 2 unspecified atom stereocenters. The molecule has 0 amide bonds. The van der Waals surface area contributed by atoms with Crippen LogP contribution in [0.1, 0.15) is 18.6 Å². The maximum Gasteiger partial charge on any atom is 0.338 e. The number of hydrogen-bond donors (Lipinski definition) is 3. The molecule has 1 rings (SSSR count). The van der Waals surface area contributed by atoms with Gasteiger partial charge in [-0.2, -0.15) is 0 Å². The van der Waals surface area contributed by atoms with E-state index in [1.165, 1.54) is 6.92 Å². The fourth-order valence-corrected chi connectivity index (χ4v) is 1.42. The molecule has 0 spiro atoms. The van der Waals surface area contributed by atoms with E-state index in [0.717, 1.165) is 18.2 Å². The maximum absolute atomic E-state index is 11.2. The zero-order valence-electron chi connectivity index (χ0n) is 10.0. The van der Waals surface area contributed by atoms with Crippen LogP contribution in [0.15, 0.2) is 18.2 Å². The number of phenols is 1. The van der Waals surface area contributed by atoms with Gasteiger partial charge in [0.25, 0.3) is 5.69 Å². The van der Waals surface area contributed by atoms with Crippen LogP contribution in [-0.2, 0) is 9.53 Å². The van der Waals surface area contributed by atoms with Crippen molar-refractivity contribution in [2.24, 2.45) is 0 Å². The molecule has 8 nitrogen and oxygen atoms in total. The topological polar surface area (TPSA) is 130 Å². The molecule has 1 aromatic carbocycles. The van der Waals surface area contributed by atoms with Crippen molar-refractivity contribution in [2.45, 2.75) is 19.1 Å². The Morgan fingerprint density at radius 2 is 2.11 bits per heavy atom. The minimum atomic E-state index is -1.94. The molecule has 0 aliphatic carbocycles. The highest BCUT2D eigenvalue weighted by Gasteiger charge is 2.30. The van der Waals surface area contributed by atoms with E-state index in [2.05, 4.69) is 4.74 Å². The summed E-state index contributed by atoms with van der Waals surface area (Å²) in [5.74, 6) is -1.55. The van der Waals surface area contributed by atoms with Gasteiger partial charge in [-0.1, -0.05) is 0 Å². The normalized spacial score (nSPS) is 13.6. The predicted molar refractivity (Wildman–Crippen MR) is 62.4 cm³/mol. The molecule has 8 heteroatoms. The fraction of sp³-hybridized carbons (Fsp3) is 0.364. The summed E-state index contributed by atoms with van der Waals surface area (Å²) >= 11 is 0. The summed E-state index contributed by atoms with van der Waals surface area (Å²) in [7, 11) is 0. The molecule has 0 fully saturated rings. The Balaban J connectivity index is 3.04. The number of nitrogens with zero attached hydrogens (tertiary/aromatic N) is 1. The van der Waals surface area contributed by atoms with Gasteiger partial charge in [0.2, 0.25) is 0 Å². The van der Waals surface area contributed by atoms with Crippen molar-refractivity contribution in [1.82, 2.24) is 0 Å². The Morgan fingerprint density at radius 1 is 1.47 bits per heavy atom. The second kappa shape index (κ2) is 6.12. The van der Waals surface area contributed by atoms with Crippen molar-refractivity contribution in [3.8, 4) is 5.75 Å². The summed E-state index contributed by atoms with van der Waals surface area (Å²) in [6, 6.07) is 2.90. The first-order valence-corrected chi connectivity index (χ1v) is 5.38. The molecule has 0 saturated carbocycles. The van der Waals surface area contributed by atoms with Gasteiger partial charge < -0.3 is 20.1 Å². The largest absolute Gasteiger partial charge is 0.508 e. The van der Waals surface area contributed by atoms with E-state index >= 15 is 0 Å². The van der Waals surface area contributed by atoms with Crippen LogP contribution in [0.3, 0.4) is 0 Å². The molecule has 0 aromatic heterocycles. The van der Waals surface area contributed by atoms with Crippen LogP contribution in [0.2, 0.25) is 0 Å². The number of esters is 1. The van der Waals surface area contributed by atoms with E-state index in [1.54, 1.807) is 0 Å². The number of non-ortho nitro benzene ring substituents is 1. The van der Waals surface area contributed by atoms with Gasteiger partial charge in [0, 0.05) is 17.7 Å². The number of benzene rings is 1. The summed E-state index contributed by atoms with van der Waals surface area (Å²) in [5, 5.41) is 39.3. The van der Waals surface area contributed by atoms with Crippen LogP contribution in [0.25, 0.3) is 0 Å². The van der Waals surface area contributed by atoms with Crippen LogP contribution >= 0.6 is 0 Å². The molecular weight excluding hydrogens is 258 g/mol. The van der Waals surface area contributed by atoms with Crippen LogP contribution in [0.4, 0.5) is 5.69 Å². The molecule has 1 aromatic rings. The van der Waals surface area contributed by atoms with E-state index in [9.17, 15) is 30.2 Å². The van der Waals surface area contributed by atoms with E-state index in [-0.39, 0.29) is 17.9 Å². The number of carbonyl (C=O) groups is 1. The Morgan fingerprint density at radius 3 is 2.63 bits per heavy atom. The average molecular weight is 271 g/mol. The third-order valence-corrected chi connectivity index (χ3v) is 2.37. The molecule has 0 heterocycles. The van der Waals surface area contributed by atoms with E-state index in [1.807, 2.05) is 0 Å². The van der Waals surface area contributed by atoms with Gasteiger partial charge in [0.15, 0.2) is 6.10 Å². The molecule has 19 heavy (non-hydrogen) atoms. The van der Waals surface area contributed by atoms with Crippen molar-refractivity contribution in [3.63, 3.8) is 0 Å². The molecule has 0 aliphatic rings. The summed E-state index contributed by atoms with van der Waals surface area (Å²) in [6.45, 7) is 1.52. The van der Waals surface area contributed by atoms with Crippen LogP contribution in [-0.4, -0.2) is 38.9 Å². The fourth-order valence-electron chi connectivity index (χ4n) is 1.42. The summed E-state index contributed by atoms with van der Waals surface area (Å²) in [4.78, 5) is 21.1. The molecule has 0 bridgehead atoms. The molecule has 2 atom stereocenters. The maximum atomic E-state index is 11.2. The average Bonchev–Trinajstić information content (AvgIpc) is 2.37. The van der Waals surface area contributed by atoms with Crippen molar-refractivity contribution < 1.29 is 29.8 Å². The molecule has 104 valence electrons. The zero-order chi connectivity index (χ0) is 14.6. The van der Waals surface area contributed by atoms with E-state index in [0.29, 0.717) is 0 Å². The Kier molecular flexibility index (Phi) is 4.79. The standard InChI is InChI=1S/C11H13NO7/c1-2-19-11(16)10(15)9(14)7-5-6(12(17)18)3-4-8(7)13/h3-5,9-10,13-15H,2H2,1H3. The first-order valence-electron chi connectivity index (χ1n) is 5.38. The van der Waals surface area contributed by atoms with E-state index < -0.39 is 28.9 Å². The van der Waals surface area contributed by atoms with E-state index in [4.69, 9.17) is 0 Å². The number of aromatic hydroxyl groups is 1. The number of phenolic OH excluding ortho intramolecular Hbond substituents is 1. The van der Waals surface area contributed by atoms with Gasteiger partial charge in [0.1, 0.15) is 11.9 Å². The molecular formula is C11H13NO7. The van der Waals surface area contributed by atoms with Crippen LogP contribution in [0, 0.1) is 10.1 Å². The summed E-state index contributed by atoms with van der Waals surface area (Å²) in [6.07, 6.45) is -3.76. The SMILES string of the molecule is CCOC(=O)C(O)C(O)c1cc([N+](=O)[O-])ccc1O. The zero-order valence-corrected chi connectivity index (χ0v) is 10.0. The second-order valence-electron chi connectivity index (χ2n) is 3.64. The minimum Gasteiger partial charge on any atom is -0.508 e. The van der Waals surface area contributed by atoms with Crippen LogP contribution in [0.5, 0.6) is 5.75 Å². The lowest BCUT2D eigenvalue weighted by molar-refractivity contribution is -0.385. The molecule has 3 N–H and O–H groups in total. The Labute approximate surface area is 108 Å². The lowest BCUT2D eigenvalue weighted by Crippen LogP contribution is -2.30. The third kappa shape index (κ3) is 3.39. The number of nitro benzene ring substituents is 1. The number of nitro groups is 1. The van der Waals surface area contributed by atoms with Gasteiger partial charge in [0.05, 0.1) is 11.5 Å². The van der Waals surface area contributed by atoms with Gasteiger partial charge in [-0.05, 0) is 13.0 Å². The lowest BCUT2D eigenvalue weighted by atomic mass is 10.0. The molecule has 0 saturated heterocycles. The van der Waals surface area contributed by atoms with Crippen molar-refractivity contribution in [2.75, 3.05) is 6.61 Å². The molecule has 0 aliphatic heterocycles. The first kappa shape index (κ1) is 14.9. The Hall–Kier alpha value is -2.19. The van der Waals surface area contributed by atoms with Gasteiger partial charge in [-0.3, -0.25) is 10.1 Å². The molecule has 0 radical (unpaired) electrons. The number of rotatable bonds is 5.